The van der Waals surface area contributed by atoms with Gasteiger partial charge in [0.25, 0.3) is 0 Å². The molecular formula is C49H30B2N4U2-2. The first kappa shape index (κ1) is 36.5. The van der Waals surface area contributed by atoms with Gasteiger partial charge in [-0.1, -0.05) is 94.8 Å². The maximum Gasteiger partial charge on any atom is 0.199 e. The van der Waals surface area contributed by atoms with E-state index in [1.54, 1.807) is 0 Å². The first-order valence-corrected chi connectivity index (χ1v) is 18.8. The summed E-state index contributed by atoms with van der Waals surface area (Å²) in [6, 6.07) is 63.5. The van der Waals surface area contributed by atoms with Crippen LogP contribution in [0.2, 0.25) is 0 Å². The molecule has 57 heavy (non-hydrogen) atoms. The molecule has 0 bridgehead atoms. The second kappa shape index (κ2) is 14.2. The van der Waals surface area contributed by atoms with E-state index in [2.05, 4.69) is 199 Å². The van der Waals surface area contributed by atoms with Gasteiger partial charge in [0.15, 0.2) is 14.6 Å². The summed E-state index contributed by atoms with van der Waals surface area (Å²) in [5.41, 5.74) is 18.3. The Morgan fingerprint density at radius 3 is 1.72 bits per heavy atom. The number of para-hydroxylation sites is 5. The van der Waals surface area contributed by atoms with Crippen LogP contribution in [0, 0.1) is 81.3 Å². The first-order chi connectivity index (χ1) is 27.2. The van der Waals surface area contributed by atoms with Crippen molar-refractivity contribution in [3.8, 4) is 11.4 Å². The SMILES string of the molecule is Cc1c2c(cc3c1N(c1ccccc1)c1cccc(-n4c5[c-]cccc5c5ccccc54)c1[B]3)[B]c1c(cccc1-n1c3[c-]cccc3c3ccccc31)N2.[U].[U]. The minimum atomic E-state index is 0. The maximum atomic E-state index is 3.92. The van der Waals surface area contributed by atoms with Crippen molar-refractivity contribution in [2.24, 2.45) is 0 Å². The molecule has 8 aromatic carbocycles. The Kier molecular flexibility index (Phi) is 9.12. The largest absolute Gasteiger partial charge is 0.356 e. The smallest absolute Gasteiger partial charge is 0.199 e. The van der Waals surface area contributed by atoms with Gasteiger partial charge in [-0.05, 0) is 82.7 Å². The van der Waals surface area contributed by atoms with Crippen molar-refractivity contribution in [2.45, 2.75) is 6.92 Å². The van der Waals surface area contributed by atoms with Gasteiger partial charge < -0.3 is 19.4 Å². The molecule has 10 aromatic rings. The number of aromatic nitrogens is 2. The second-order valence-electron chi connectivity index (χ2n) is 14.5. The molecule has 0 saturated heterocycles. The van der Waals surface area contributed by atoms with E-state index in [1.165, 1.54) is 54.8 Å². The van der Waals surface area contributed by atoms with Crippen LogP contribution in [0.1, 0.15) is 5.56 Å². The number of anilines is 5. The summed E-state index contributed by atoms with van der Waals surface area (Å²) >= 11 is 0. The van der Waals surface area contributed by atoms with E-state index >= 15 is 0 Å². The monoisotopic (exact) mass is 1170 g/mol. The van der Waals surface area contributed by atoms with Crippen LogP contribution in [0.5, 0.6) is 0 Å². The molecule has 0 atom stereocenters. The Hall–Kier alpha value is -4.81. The van der Waals surface area contributed by atoms with E-state index in [0.717, 1.165) is 56.1 Å². The molecule has 0 spiro atoms. The Bertz CT molecular complexity index is 3120. The molecule has 8 heteroatoms. The fraction of sp³-hybridized carbons (Fsp3) is 0.0204. The zero-order valence-electron chi connectivity index (χ0n) is 31.0. The molecule has 2 aliphatic heterocycles. The van der Waals surface area contributed by atoms with E-state index in [-0.39, 0.29) is 62.2 Å². The van der Waals surface area contributed by atoms with E-state index in [4.69, 9.17) is 0 Å². The van der Waals surface area contributed by atoms with Crippen LogP contribution in [-0.2, 0) is 0 Å². The van der Waals surface area contributed by atoms with Gasteiger partial charge in [0, 0.05) is 113 Å². The number of fused-ring (bicyclic) bond motifs is 10. The molecule has 2 radical (unpaired) electrons. The van der Waals surface area contributed by atoms with Gasteiger partial charge >= 0.3 is 0 Å². The van der Waals surface area contributed by atoms with Crippen molar-refractivity contribution in [2.75, 3.05) is 10.2 Å². The van der Waals surface area contributed by atoms with Crippen LogP contribution in [-0.4, -0.2) is 23.7 Å². The summed E-state index contributed by atoms with van der Waals surface area (Å²) in [5.74, 6) is 0. The Morgan fingerprint density at radius 2 is 1.05 bits per heavy atom. The van der Waals surface area contributed by atoms with Crippen LogP contribution < -0.4 is 32.1 Å². The predicted octanol–water partition coefficient (Wildman–Crippen LogP) is 8.94. The first-order valence-electron chi connectivity index (χ1n) is 18.8. The van der Waals surface area contributed by atoms with Gasteiger partial charge in [-0.15, -0.1) is 10.8 Å². The predicted molar refractivity (Wildman–Crippen MR) is 232 cm³/mol. The van der Waals surface area contributed by atoms with Gasteiger partial charge in [0.1, 0.15) is 0 Å². The number of rotatable bonds is 3. The third-order valence-corrected chi connectivity index (χ3v) is 11.6. The maximum absolute atomic E-state index is 3.92. The molecule has 262 valence electrons. The average Bonchev–Trinajstić information content (AvgIpc) is 3.75. The Labute approximate surface area is 380 Å². The normalized spacial score (nSPS) is 12.4. The molecule has 0 unspecified atom stereocenters. The molecule has 0 aliphatic carbocycles. The standard InChI is InChI=1S/C49H30B2N4.2U/c1-30-48-36(50-46-38(52-48)21-13-26-43(46)54-39-22-9-5-17-32(39)33-18-6-10-23-40(33)54)29-37-49(30)53(31-15-3-2-4-16-31)44-27-14-28-45(47(44)51-37)55-41-24-11-7-19-34(41)35-20-8-12-25-42(35)55;;/h2-22,24,26-29,52H,1H3;;/q-2;;. The van der Waals surface area contributed by atoms with E-state index < -0.39 is 0 Å². The molecule has 4 nitrogen and oxygen atoms in total. The molecule has 0 amide bonds. The Balaban J connectivity index is 0.00000198. The number of benzene rings is 8. The molecular weight excluding hydrogens is 1140 g/mol. The fourth-order valence-corrected chi connectivity index (χ4v) is 9.24. The van der Waals surface area contributed by atoms with Crippen LogP contribution in [0.4, 0.5) is 28.4 Å². The van der Waals surface area contributed by atoms with Gasteiger partial charge in [-0.2, -0.15) is 48.5 Å². The fourth-order valence-electron chi connectivity index (χ4n) is 9.24. The zero-order chi connectivity index (χ0) is 36.2. The van der Waals surface area contributed by atoms with Gasteiger partial charge in [-0.25, -0.2) is 0 Å². The zero-order valence-corrected chi connectivity index (χ0v) is 39.3. The molecule has 4 heterocycles. The van der Waals surface area contributed by atoms with E-state index in [0.29, 0.717) is 0 Å². The second-order valence-corrected chi connectivity index (χ2v) is 14.5. The van der Waals surface area contributed by atoms with Crippen molar-refractivity contribution in [3.63, 3.8) is 0 Å². The van der Waals surface area contributed by atoms with Gasteiger partial charge in [-0.3, -0.25) is 0 Å². The third-order valence-electron chi connectivity index (χ3n) is 11.6. The minimum Gasteiger partial charge on any atom is -0.356 e. The van der Waals surface area contributed by atoms with E-state index in [9.17, 15) is 0 Å². The average molecular weight is 1170 g/mol. The van der Waals surface area contributed by atoms with Gasteiger partial charge in [0.2, 0.25) is 0 Å². The summed E-state index contributed by atoms with van der Waals surface area (Å²) < 4.78 is 4.75. The summed E-state index contributed by atoms with van der Waals surface area (Å²) in [6.07, 6.45) is 0. The molecule has 2 aromatic heterocycles. The quantitative estimate of drug-likeness (QED) is 0.141. The number of nitrogens with zero attached hydrogens (tertiary/aromatic N) is 3. The number of hydrogen-bond donors (Lipinski definition) is 1. The topological polar surface area (TPSA) is 25.1 Å². The molecule has 0 fully saturated rings. The molecule has 1 N–H and O–H groups in total. The van der Waals surface area contributed by atoms with Crippen molar-refractivity contribution in [3.05, 3.63) is 175 Å². The van der Waals surface area contributed by atoms with Crippen LogP contribution in [0.3, 0.4) is 0 Å². The summed E-state index contributed by atoms with van der Waals surface area (Å²) in [4.78, 5) is 2.45. The van der Waals surface area contributed by atoms with Crippen molar-refractivity contribution in [1.82, 2.24) is 9.13 Å². The van der Waals surface area contributed by atoms with Gasteiger partial charge in [0.05, 0.1) is 0 Å². The van der Waals surface area contributed by atoms with E-state index in [1.807, 2.05) is 12.1 Å². The molecule has 2 aliphatic rings. The Morgan fingerprint density at radius 1 is 0.509 bits per heavy atom. The van der Waals surface area contributed by atoms with Crippen LogP contribution in [0.15, 0.2) is 158 Å². The molecule has 12 rings (SSSR count). The summed E-state index contributed by atoms with van der Waals surface area (Å²) in [7, 11) is 4.77. The van der Waals surface area contributed by atoms with Crippen molar-refractivity contribution in [1.29, 1.82) is 0 Å². The van der Waals surface area contributed by atoms with Crippen LogP contribution >= 0.6 is 0 Å². The van der Waals surface area contributed by atoms with Crippen molar-refractivity contribution >= 4 is 108 Å². The van der Waals surface area contributed by atoms with Crippen molar-refractivity contribution < 1.29 is 62.2 Å². The summed E-state index contributed by atoms with van der Waals surface area (Å²) in [6.45, 7) is 2.26. The number of hydrogen-bond acceptors (Lipinski definition) is 2. The van der Waals surface area contributed by atoms with Crippen LogP contribution in [0.25, 0.3) is 55.0 Å². The third kappa shape index (κ3) is 5.42. The molecule has 0 saturated carbocycles. The number of nitrogens with one attached hydrogen (secondary N) is 1. The summed E-state index contributed by atoms with van der Waals surface area (Å²) in [5, 5.41) is 8.78. The minimum absolute atomic E-state index is 0.